The van der Waals surface area contributed by atoms with Gasteiger partial charge in [0.1, 0.15) is 5.69 Å². The number of imidazole rings is 1. The maximum Gasteiger partial charge on any atom is 0.281 e. The average molecular weight is 146 g/mol. The van der Waals surface area contributed by atoms with Gasteiger partial charge in [0.15, 0.2) is 0 Å². The second kappa shape index (κ2) is 2.77. The summed E-state index contributed by atoms with van der Waals surface area (Å²) in [5, 5.41) is 0. The fraction of sp³-hybridized carbons (Fsp3) is 0.500. The highest BCUT2D eigenvalue weighted by Gasteiger charge is 2.08. The minimum absolute atomic E-state index is 0.151. The summed E-state index contributed by atoms with van der Waals surface area (Å²) in [6.45, 7) is 2.55. The Morgan fingerprint density at radius 1 is 1.70 bits per heavy atom. The molecule has 10 heavy (non-hydrogen) atoms. The van der Waals surface area contributed by atoms with Crippen molar-refractivity contribution in [1.29, 1.82) is 0 Å². The summed E-state index contributed by atoms with van der Waals surface area (Å²) in [4.78, 5) is 3.50. The molecule has 0 atom stereocenters. The highest BCUT2D eigenvalue weighted by Crippen LogP contribution is 2.14. The third-order valence-corrected chi connectivity index (χ3v) is 1.24. The van der Waals surface area contributed by atoms with Crippen molar-refractivity contribution in [3.8, 4) is 0 Å². The first kappa shape index (κ1) is 7.18. The third-order valence-electron chi connectivity index (χ3n) is 1.24. The van der Waals surface area contributed by atoms with Crippen molar-refractivity contribution in [2.24, 2.45) is 0 Å². The van der Waals surface area contributed by atoms with Crippen LogP contribution in [-0.4, -0.2) is 9.55 Å². The molecule has 0 unspecified atom stereocenters. The Labute approximate surface area is 57.5 Å². The maximum absolute atomic E-state index is 11.8. The molecule has 1 rings (SSSR count). The molecule has 0 amide bonds. The molecule has 0 N–H and O–H groups in total. The summed E-state index contributed by atoms with van der Waals surface area (Å²) in [6, 6.07) is 0. The van der Waals surface area contributed by atoms with Crippen LogP contribution in [0.4, 0.5) is 8.78 Å². The lowest BCUT2D eigenvalue weighted by Crippen LogP contribution is -1.87. The minimum Gasteiger partial charge on any atom is -0.337 e. The zero-order chi connectivity index (χ0) is 7.56. The number of aromatic nitrogens is 2. The fourth-order valence-electron chi connectivity index (χ4n) is 0.663. The van der Waals surface area contributed by atoms with E-state index < -0.39 is 6.43 Å². The summed E-state index contributed by atoms with van der Waals surface area (Å²) in [6.07, 6.45) is 0.305. The van der Waals surface area contributed by atoms with E-state index in [-0.39, 0.29) is 5.69 Å². The van der Waals surface area contributed by atoms with E-state index in [4.69, 9.17) is 0 Å². The predicted octanol–water partition coefficient (Wildman–Crippen LogP) is 1.84. The Morgan fingerprint density at radius 2 is 2.40 bits per heavy atom. The van der Waals surface area contributed by atoms with Crippen molar-refractivity contribution < 1.29 is 8.78 Å². The first-order chi connectivity index (χ1) is 4.74. The number of alkyl halides is 2. The molecule has 0 aliphatic carbocycles. The van der Waals surface area contributed by atoms with Gasteiger partial charge in [-0.1, -0.05) is 0 Å². The summed E-state index contributed by atoms with van der Waals surface area (Å²) >= 11 is 0. The van der Waals surface area contributed by atoms with Crippen LogP contribution in [0.15, 0.2) is 12.5 Å². The van der Waals surface area contributed by atoms with Gasteiger partial charge in [-0.2, -0.15) is 0 Å². The Kier molecular flexibility index (Phi) is 1.99. The highest BCUT2D eigenvalue weighted by atomic mass is 19.3. The smallest absolute Gasteiger partial charge is 0.281 e. The third kappa shape index (κ3) is 1.32. The predicted molar refractivity (Wildman–Crippen MR) is 32.9 cm³/mol. The second-order valence-electron chi connectivity index (χ2n) is 1.93. The highest BCUT2D eigenvalue weighted by molar-refractivity contribution is 4.97. The van der Waals surface area contributed by atoms with Crippen LogP contribution in [0.5, 0.6) is 0 Å². The lowest BCUT2D eigenvalue weighted by Gasteiger charge is -1.91. The molecule has 0 aliphatic rings. The molecule has 1 aromatic rings. The molecular weight excluding hydrogens is 138 g/mol. The van der Waals surface area contributed by atoms with Gasteiger partial charge in [0.2, 0.25) is 0 Å². The molecule has 2 nitrogen and oxygen atoms in total. The van der Waals surface area contributed by atoms with Crippen molar-refractivity contribution in [3.63, 3.8) is 0 Å². The van der Waals surface area contributed by atoms with Crippen molar-refractivity contribution in [2.75, 3.05) is 0 Å². The van der Waals surface area contributed by atoms with E-state index in [2.05, 4.69) is 4.98 Å². The molecule has 0 radical (unpaired) electrons. The van der Waals surface area contributed by atoms with Crippen LogP contribution in [0.3, 0.4) is 0 Å². The van der Waals surface area contributed by atoms with Crippen LogP contribution >= 0.6 is 0 Å². The standard InChI is InChI=1S/C6H8F2N2/c1-2-10-3-5(6(7)8)9-4-10/h3-4,6H,2H2,1H3. The van der Waals surface area contributed by atoms with Gasteiger partial charge in [0.25, 0.3) is 6.43 Å². The average Bonchev–Trinajstić information content (AvgIpc) is 2.34. The van der Waals surface area contributed by atoms with Crippen LogP contribution in [0.2, 0.25) is 0 Å². The molecule has 0 aromatic carbocycles. The van der Waals surface area contributed by atoms with E-state index in [9.17, 15) is 8.78 Å². The van der Waals surface area contributed by atoms with E-state index in [0.29, 0.717) is 6.54 Å². The van der Waals surface area contributed by atoms with Gasteiger partial charge in [-0.05, 0) is 6.92 Å². The SMILES string of the molecule is CCn1cnc(C(F)F)c1. The van der Waals surface area contributed by atoms with Crippen molar-refractivity contribution in [1.82, 2.24) is 9.55 Å². The van der Waals surface area contributed by atoms with Crippen LogP contribution in [0.1, 0.15) is 19.0 Å². The molecule has 0 bridgehead atoms. The van der Waals surface area contributed by atoms with E-state index in [1.165, 1.54) is 12.5 Å². The Morgan fingerprint density at radius 3 is 2.70 bits per heavy atom. The van der Waals surface area contributed by atoms with Crippen LogP contribution in [0, 0.1) is 0 Å². The number of hydrogen-bond donors (Lipinski definition) is 0. The summed E-state index contributed by atoms with van der Waals surface area (Å²) < 4.78 is 25.3. The van der Waals surface area contributed by atoms with E-state index in [1.54, 1.807) is 4.57 Å². The Hall–Kier alpha value is -0.930. The lowest BCUT2D eigenvalue weighted by atomic mass is 10.5. The normalized spacial score (nSPS) is 10.8. The zero-order valence-electron chi connectivity index (χ0n) is 5.59. The number of nitrogens with zero attached hydrogens (tertiary/aromatic N) is 2. The molecule has 4 heteroatoms. The van der Waals surface area contributed by atoms with Gasteiger partial charge >= 0.3 is 0 Å². The molecule has 0 saturated carbocycles. The number of hydrogen-bond acceptors (Lipinski definition) is 1. The molecule has 0 spiro atoms. The molecule has 1 heterocycles. The molecule has 56 valence electrons. The summed E-state index contributed by atoms with van der Waals surface area (Å²) in [7, 11) is 0. The van der Waals surface area contributed by atoms with Crippen molar-refractivity contribution >= 4 is 0 Å². The van der Waals surface area contributed by atoms with Crippen LogP contribution < -0.4 is 0 Å². The number of halogens is 2. The number of rotatable bonds is 2. The Bertz CT molecular complexity index is 207. The molecule has 0 saturated heterocycles. The van der Waals surface area contributed by atoms with Crippen molar-refractivity contribution in [2.45, 2.75) is 19.9 Å². The first-order valence-electron chi connectivity index (χ1n) is 3.04. The zero-order valence-corrected chi connectivity index (χ0v) is 5.59. The van der Waals surface area contributed by atoms with E-state index in [1.807, 2.05) is 6.92 Å². The lowest BCUT2D eigenvalue weighted by molar-refractivity contribution is 0.146. The topological polar surface area (TPSA) is 17.8 Å². The monoisotopic (exact) mass is 146 g/mol. The van der Waals surface area contributed by atoms with Gasteiger partial charge in [-0.3, -0.25) is 0 Å². The fourth-order valence-corrected chi connectivity index (χ4v) is 0.663. The van der Waals surface area contributed by atoms with Gasteiger partial charge in [-0.25, -0.2) is 13.8 Å². The summed E-state index contributed by atoms with van der Waals surface area (Å²) in [5.41, 5.74) is -0.151. The molecule has 1 aromatic heterocycles. The van der Waals surface area contributed by atoms with Gasteiger partial charge in [-0.15, -0.1) is 0 Å². The molecular formula is C6H8F2N2. The van der Waals surface area contributed by atoms with Crippen LogP contribution in [-0.2, 0) is 6.54 Å². The molecule has 0 aliphatic heterocycles. The van der Waals surface area contributed by atoms with Gasteiger partial charge in [0.05, 0.1) is 6.33 Å². The van der Waals surface area contributed by atoms with E-state index in [0.717, 1.165) is 0 Å². The first-order valence-corrected chi connectivity index (χ1v) is 3.04. The molecule has 0 fully saturated rings. The van der Waals surface area contributed by atoms with Gasteiger partial charge in [0, 0.05) is 12.7 Å². The summed E-state index contributed by atoms with van der Waals surface area (Å²) in [5.74, 6) is 0. The van der Waals surface area contributed by atoms with Crippen LogP contribution in [0.25, 0.3) is 0 Å². The van der Waals surface area contributed by atoms with Crippen molar-refractivity contribution in [3.05, 3.63) is 18.2 Å². The van der Waals surface area contributed by atoms with E-state index >= 15 is 0 Å². The minimum atomic E-state index is -2.45. The largest absolute Gasteiger partial charge is 0.337 e. The maximum atomic E-state index is 11.8. The second-order valence-corrected chi connectivity index (χ2v) is 1.93. The number of aryl methyl sites for hydroxylation is 1. The Balaban J connectivity index is 2.78. The quantitative estimate of drug-likeness (QED) is 0.622. The van der Waals surface area contributed by atoms with Gasteiger partial charge < -0.3 is 4.57 Å².